The van der Waals surface area contributed by atoms with Crippen LogP contribution in [0.15, 0.2) is 42.9 Å². The van der Waals surface area contributed by atoms with Gasteiger partial charge < -0.3 is 10.1 Å². The van der Waals surface area contributed by atoms with E-state index in [0.29, 0.717) is 5.88 Å². The number of rotatable bonds is 4. The lowest BCUT2D eigenvalue weighted by Gasteiger charge is -2.06. The van der Waals surface area contributed by atoms with Crippen molar-refractivity contribution in [2.45, 2.75) is 6.54 Å². The van der Waals surface area contributed by atoms with Crippen molar-refractivity contribution in [1.29, 1.82) is 0 Å². The fourth-order valence-electron chi connectivity index (χ4n) is 1.38. The number of benzene rings is 1. The lowest BCUT2D eigenvalue weighted by molar-refractivity contribution is 0.460. The largest absolute Gasteiger partial charge is 0.439 e. The highest BCUT2D eigenvalue weighted by molar-refractivity contribution is 5.31. The minimum atomic E-state index is 0.552. The third-order valence-corrected chi connectivity index (χ3v) is 2.06. The molecule has 0 saturated carbocycles. The molecule has 1 heterocycles. The summed E-state index contributed by atoms with van der Waals surface area (Å²) in [6, 6.07) is 9.62. The van der Waals surface area contributed by atoms with Gasteiger partial charge in [-0.2, -0.15) is 0 Å². The normalized spacial score (nSPS) is 10.1. The van der Waals surface area contributed by atoms with Crippen molar-refractivity contribution in [3.8, 4) is 11.6 Å². The summed E-state index contributed by atoms with van der Waals surface area (Å²) in [5.41, 5.74) is 1.18. The lowest BCUT2D eigenvalue weighted by atomic mass is 10.2. The van der Waals surface area contributed by atoms with E-state index in [1.807, 2.05) is 31.3 Å². The van der Waals surface area contributed by atoms with Crippen LogP contribution in [-0.4, -0.2) is 17.0 Å². The van der Waals surface area contributed by atoms with Crippen LogP contribution >= 0.6 is 0 Å². The summed E-state index contributed by atoms with van der Waals surface area (Å²) in [6.45, 7) is 0.820. The molecule has 0 aliphatic carbocycles. The van der Waals surface area contributed by atoms with Gasteiger partial charge in [0.15, 0.2) is 0 Å². The van der Waals surface area contributed by atoms with E-state index in [4.69, 9.17) is 4.74 Å². The van der Waals surface area contributed by atoms with Crippen LogP contribution in [-0.2, 0) is 6.54 Å². The highest BCUT2D eigenvalue weighted by Gasteiger charge is 1.98. The third-order valence-electron chi connectivity index (χ3n) is 2.06. The zero-order chi connectivity index (χ0) is 11.2. The van der Waals surface area contributed by atoms with Gasteiger partial charge in [-0.05, 0) is 24.7 Å². The lowest BCUT2D eigenvalue weighted by Crippen LogP contribution is -2.04. The predicted molar refractivity (Wildman–Crippen MR) is 61.3 cm³/mol. The Morgan fingerprint density at radius 3 is 3.00 bits per heavy atom. The van der Waals surface area contributed by atoms with Gasteiger partial charge in [0.05, 0.1) is 0 Å². The second kappa shape index (κ2) is 5.23. The second-order valence-electron chi connectivity index (χ2n) is 3.33. The predicted octanol–water partition coefficient (Wildman–Crippen LogP) is 1.99. The second-order valence-corrected chi connectivity index (χ2v) is 3.33. The quantitative estimate of drug-likeness (QED) is 0.847. The minimum absolute atomic E-state index is 0.552. The molecule has 0 aliphatic heterocycles. The number of nitrogens with one attached hydrogen (secondary N) is 1. The Morgan fingerprint density at radius 1 is 1.31 bits per heavy atom. The number of aromatic nitrogens is 2. The highest BCUT2D eigenvalue weighted by Crippen LogP contribution is 2.19. The van der Waals surface area contributed by atoms with Gasteiger partial charge >= 0.3 is 0 Å². The zero-order valence-electron chi connectivity index (χ0n) is 9.05. The van der Waals surface area contributed by atoms with E-state index in [-0.39, 0.29) is 0 Å². The van der Waals surface area contributed by atoms with Crippen molar-refractivity contribution in [1.82, 2.24) is 15.3 Å². The van der Waals surface area contributed by atoms with Crippen LogP contribution in [0.2, 0.25) is 0 Å². The van der Waals surface area contributed by atoms with Gasteiger partial charge in [-0.15, -0.1) is 0 Å². The van der Waals surface area contributed by atoms with E-state index in [1.54, 1.807) is 12.3 Å². The summed E-state index contributed by atoms with van der Waals surface area (Å²) < 4.78 is 5.59. The molecule has 0 bridgehead atoms. The number of hydrogen-bond acceptors (Lipinski definition) is 4. The molecule has 0 fully saturated rings. The van der Waals surface area contributed by atoms with E-state index in [1.165, 1.54) is 11.9 Å². The standard InChI is InChI=1S/C12H13N3O/c1-13-8-10-3-2-4-11(7-10)16-12-5-6-14-9-15-12/h2-7,9,13H,8H2,1H3. The number of ether oxygens (including phenoxy) is 1. The Kier molecular flexibility index (Phi) is 3.46. The fraction of sp³-hybridized carbons (Fsp3) is 0.167. The molecule has 1 aromatic carbocycles. The molecule has 16 heavy (non-hydrogen) atoms. The van der Waals surface area contributed by atoms with Crippen molar-refractivity contribution >= 4 is 0 Å². The van der Waals surface area contributed by atoms with Crippen molar-refractivity contribution in [2.75, 3.05) is 7.05 Å². The maximum absolute atomic E-state index is 5.59. The van der Waals surface area contributed by atoms with Crippen LogP contribution in [0.1, 0.15) is 5.56 Å². The Balaban J connectivity index is 2.12. The molecule has 0 unspecified atom stereocenters. The van der Waals surface area contributed by atoms with Crippen LogP contribution in [0.25, 0.3) is 0 Å². The van der Waals surface area contributed by atoms with Crippen LogP contribution in [0.4, 0.5) is 0 Å². The molecule has 1 aromatic heterocycles. The molecular formula is C12H13N3O. The van der Waals surface area contributed by atoms with Crippen LogP contribution in [0.3, 0.4) is 0 Å². The summed E-state index contributed by atoms with van der Waals surface area (Å²) in [7, 11) is 1.91. The molecule has 1 N–H and O–H groups in total. The van der Waals surface area contributed by atoms with E-state index in [0.717, 1.165) is 12.3 Å². The van der Waals surface area contributed by atoms with Crippen molar-refractivity contribution < 1.29 is 4.74 Å². The monoisotopic (exact) mass is 215 g/mol. The van der Waals surface area contributed by atoms with Crippen molar-refractivity contribution in [3.05, 3.63) is 48.4 Å². The first-order valence-corrected chi connectivity index (χ1v) is 5.06. The summed E-state index contributed by atoms with van der Waals surface area (Å²) in [6.07, 6.45) is 3.12. The molecule has 0 radical (unpaired) electrons. The zero-order valence-corrected chi connectivity index (χ0v) is 9.05. The van der Waals surface area contributed by atoms with Crippen molar-refractivity contribution in [3.63, 3.8) is 0 Å². The average Bonchev–Trinajstić information content (AvgIpc) is 2.31. The topological polar surface area (TPSA) is 47.0 Å². The van der Waals surface area contributed by atoms with Gasteiger partial charge in [0.25, 0.3) is 0 Å². The first-order valence-electron chi connectivity index (χ1n) is 5.06. The molecule has 0 saturated heterocycles. The first-order chi connectivity index (χ1) is 7.88. The molecule has 0 amide bonds. The highest BCUT2D eigenvalue weighted by atomic mass is 16.5. The summed E-state index contributed by atoms with van der Waals surface area (Å²) >= 11 is 0. The van der Waals surface area contributed by atoms with E-state index < -0.39 is 0 Å². The SMILES string of the molecule is CNCc1cccc(Oc2ccncn2)c1. The maximum atomic E-state index is 5.59. The van der Waals surface area contributed by atoms with Gasteiger partial charge in [0, 0.05) is 18.8 Å². The van der Waals surface area contributed by atoms with Gasteiger partial charge in [0.2, 0.25) is 5.88 Å². The van der Waals surface area contributed by atoms with Crippen LogP contribution in [0, 0.1) is 0 Å². The van der Waals surface area contributed by atoms with Crippen molar-refractivity contribution in [2.24, 2.45) is 0 Å². The molecule has 4 heteroatoms. The van der Waals surface area contributed by atoms with E-state index >= 15 is 0 Å². The van der Waals surface area contributed by atoms with Gasteiger partial charge in [-0.3, -0.25) is 0 Å². The molecular weight excluding hydrogens is 202 g/mol. The Bertz CT molecular complexity index is 445. The Morgan fingerprint density at radius 2 is 2.25 bits per heavy atom. The van der Waals surface area contributed by atoms with Gasteiger partial charge in [-0.1, -0.05) is 12.1 Å². The molecule has 2 rings (SSSR count). The minimum Gasteiger partial charge on any atom is -0.439 e. The molecule has 2 aromatic rings. The molecule has 4 nitrogen and oxygen atoms in total. The molecule has 0 atom stereocenters. The third kappa shape index (κ3) is 2.77. The van der Waals surface area contributed by atoms with Crippen LogP contribution in [0.5, 0.6) is 11.6 Å². The summed E-state index contributed by atoms with van der Waals surface area (Å²) in [5, 5.41) is 3.09. The van der Waals surface area contributed by atoms with Gasteiger partial charge in [-0.25, -0.2) is 9.97 Å². The van der Waals surface area contributed by atoms with Gasteiger partial charge in [0.1, 0.15) is 12.1 Å². The summed E-state index contributed by atoms with van der Waals surface area (Å²) in [4.78, 5) is 7.83. The number of nitrogens with zero attached hydrogens (tertiary/aromatic N) is 2. The fourth-order valence-corrected chi connectivity index (χ4v) is 1.38. The smallest absolute Gasteiger partial charge is 0.222 e. The summed E-state index contributed by atoms with van der Waals surface area (Å²) in [5.74, 6) is 1.34. The average molecular weight is 215 g/mol. The maximum Gasteiger partial charge on any atom is 0.222 e. The van der Waals surface area contributed by atoms with E-state index in [9.17, 15) is 0 Å². The Hall–Kier alpha value is -1.94. The van der Waals surface area contributed by atoms with E-state index in [2.05, 4.69) is 15.3 Å². The Labute approximate surface area is 94.3 Å². The molecule has 0 spiro atoms. The number of hydrogen-bond donors (Lipinski definition) is 1. The molecule has 82 valence electrons. The van der Waals surface area contributed by atoms with Crippen LogP contribution < -0.4 is 10.1 Å². The first kappa shape index (κ1) is 10.6. The molecule has 0 aliphatic rings.